The number of fused-ring (bicyclic) bond motifs is 1. The van der Waals surface area contributed by atoms with Crippen LogP contribution in [0.25, 0.3) is 10.9 Å². The Morgan fingerprint density at radius 3 is 2.68 bits per heavy atom. The first-order valence-corrected chi connectivity index (χ1v) is 8.21. The van der Waals surface area contributed by atoms with Crippen LogP contribution in [0.3, 0.4) is 0 Å². The lowest BCUT2D eigenvalue weighted by Gasteiger charge is -2.10. The Morgan fingerprint density at radius 2 is 1.95 bits per heavy atom. The first-order valence-electron chi connectivity index (χ1n) is 8.21. The molecule has 0 atom stereocenters. The Hall–Kier alpha value is -1.97. The molecule has 2 rings (SSSR count). The summed E-state index contributed by atoms with van der Waals surface area (Å²) in [4.78, 5) is 11.8. The number of ketones is 1. The maximum absolute atomic E-state index is 11.8. The molecule has 1 aromatic heterocycles. The third-order valence-corrected chi connectivity index (χ3v) is 3.93. The topological polar surface area (TPSA) is 68.9 Å². The molecule has 118 valence electrons. The van der Waals surface area contributed by atoms with Crippen molar-refractivity contribution >= 4 is 22.4 Å². The van der Waals surface area contributed by atoms with Gasteiger partial charge in [-0.2, -0.15) is 5.10 Å². The minimum Gasteiger partial charge on any atom is -0.397 e. The number of carbonyl (C=O) groups excluding carboxylic acids is 1. The maximum Gasteiger partial charge on any atom is 0.138 e. The molecule has 0 aliphatic heterocycles. The molecule has 0 saturated heterocycles. The largest absolute Gasteiger partial charge is 0.397 e. The third kappa shape index (κ3) is 3.81. The molecule has 0 fully saturated rings. The molecule has 0 radical (unpaired) electrons. The number of rotatable bonds is 8. The summed E-state index contributed by atoms with van der Waals surface area (Å²) in [7, 11) is 0. The maximum atomic E-state index is 11.8. The molecule has 0 amide bonds. The molecule has 0 unspecified atom stereocenters. The van der Waals surface area contributed by atoms with Gasteiger partial charge in [-0.1, -0.05) is 44.9 Å². The van der Waals surface area contributed by atoms with E-state index in [-0.39, 0.29) is 12.2 Å². The van der Waals surface area contributed by atoms with Crippen LogP contribution in [0.5, 0.6) is 0 Å². The number of nitrogens with zero attached hydrogens (tertiary/aromatic N) is 2. The van der Waals surface area contributed by atoms with Gasteiger partial charge >= 0.3 is 0 Å². The number of aromatic nitrogens is 2. The van der Waals surface area contributed by atoms with Crippen LogP contribution in [0.2, 0.25) is 0 Å². The fourth-order valence-electron chi connectivity index (χ4n) is 2.70. The zero-order valence-corrected chi connectivity index (χ0v) is 13.6. The van der Waals surface area contributed by atoms with Crippen molar-refractivity contribution in [1.82, 2.24) is 10.2 Å². The summed E-state index contributed by atoms with van der Waals surface area (Å²) < 4.78 is 0. The molecular weight excluding hydrogens is 274 g/mol. The Balaban J connectivity index is 2.29. The van der Waals surface area contributed by atoms with Crippen LogP contribution in [0.4, 0.5) is 5.69 Å². The van der Waals surface area contributed by atoms with Crippen LogP contribution in [0, 0.1) is 0 Å². The highest BCUT2D eigenvalue weighted by Crippen LogP contribution is 2.25. The van der Waals surface area contributed by atoms with Crippen LogP contribution >= 0.6 is 0 Å². The van der Waals surface area contributed by atoms with Crippen molar-refractivity contribution < 1.29 is 4.79 Å². The highest BCUT2D eigenvalue weighted by Gasteiger charge is 2.13. The van der Waals surface area contributed by atoms with Gasteiger partial charge in [-0.15, -0.1) is 5.10 Å². The lowest BCUT2D eigenvalue weighted by atomic mass is 10.0. The van der Waals surface area contributed by atoms with Crippen molar-refractivity contribution in [3.05, 3.63) is 29.5 Å². The fourth-order valence-corrected chi connectivity index (χ4v) is 2.70. The summed E-state index contributed by atoms with van der Waals surface area (Å²) in [6.07, 6.45) is 6.24. The van der Waals surface area contributed by atoms with Gasteiger partial charge in [0.15, 0.2) is 0 Å². The smallest absolute Gasteiger partial charge is 0.138 e. The van der Waals surface area contributed by atoms with E-state index < -0.39 is 0 Å². The predicted octanol–water partition coefficient (Wildman–Crippen LogP) is 3.86. The van der Waals surface area contributed by atoms with E-state index in [1.807, 2.05) is 19.1 Å². The Kier molecular flexibility index (Phi) is 5.87. The van der Waals surface area contributed by atoms with Crippen molar-refractivity contribution in [2.75, 3.05) is 5.73 Å². The highest BCUT2D eigenvalue weighted by molar-refractivity contribution is 5.94. The second kappa shape index (κ2) is 7.87. The fraction of sp³-hybridized carbons (Fsp3) is 0.500. The lowest BCUT2D eigenvalue weighted by molar-refractivity contribution is -0.118. The number of unbranched alkanes of at least 4 members (excludes halogenated alkanes) is 2. The molecule has 4 nitrogen and oxygen atoms in total. The van der Waals surface area contributed by atoms with E-state index in [0.717, 1.165) is 30.2 Å². The second-order valence-corrected chi connectivity index (χ2v) is 5.80. The molecule has 0 aliphatic rings. The number of anilines is 1. The SMILES string of the molecule is CCCCCc1cccc2c(N)c(CC(=O)CCC)nnc12. The molecule has 0 spiro atoms. The summed E-state index contributed by atoms with van der Waals surface area (Å²) >= 11 is 0. The number of Topliss-reactive ketones (excluding diaryl/α,β-unsaturated/α-hetero) is 1. The predicted molar refractivity (Wildman–Crippen MR) is 90.8 cm³/mol. The van der Waals surface area contributed by atoms with E-state index in [4.69, 9.17) is 5.73 Å². The molecule has 22 heavy (non-hydrogen) atoms. The van der Waals surface area contributed by atoms with Crippen molar-refractivity contribution in [3.63, 3.8) is 0 Å². The Bertz CT molecular complexity index is 652. The van der Waals surface area contributed by atoms with Crippen LogP contribution in [-0.2, 0) is 17.6 Å². The molecular formula is C18H25N3O. The summed E-state index contributed by atoms with van der Waals surface area (Å²) in [5, 5.41) is 9.49. The number of aryl methyl sites for hydroxylation is 1. The average molecular weight is 299 g/mol. The van der Waals surface area contributed by atoms with Crippen molar-refractivity contribution in [1.29, 1.82) is 0 Å². The van der Waals surface area contributed by atoms with Gasteiger partial charge in [0.05, 0.1) is 23.3 Å². The van der Waals surface area contributed by atoms with Crippen molar-refractivity contribution in [3.8, 4) is 0 Å². The zero-order valence-electron chi connectivity index (χ0n) is 13.6. The number of benzene rings is 1. The average Bonchev–Trinajstić information content (AvgIpc) is 2.51. The lowest BCUT2D eigenvalue weighted by Crippen LogP contribution is -2.09. The van der Waals surface area contributed by atoms with Gasteiger partial charge in [0.1, 0.15) is 5.78 Å². The number of hydrogen-bond acceptors (Lipinski definition) is 4. The third-order valence-electron chi connectivity index (χ3n) is 3.93. The van der Waals surface area contributed by atoms with E-state index in [2.05, 4.69) is 23.2 Å². The number of hydrogen-bond donors (Lipinski definition) is 1. The van der Waals surface area contributed by atoms with E-state index in [9.17, 15) is 4.79 Å². The van der Waals surface area contributed by atoms with Gasteiger partial charge in [-0.05, 0) is 24.8 Å². The summed E-state index contributed by atoms with van der Waals surface area (Å²) in [5.74, 6) is 0.168. The zero-order chi connectivity index (χ0) is 15.9. The van der Waals surface area contributed by atoms with E-state index in [1.54, 1.807) is 0 Å². The summed E-state index contributed by atoms with van der Waals surface area (Å²) in [6, 6.07) is 6.07. The number of nitrogen functional groups attached to an aromatic ring is 1. The minimum atomic E-state index is 0.168. The van der Waals surface area contributed by atoms with Gasteiger partial charge in [-0.25, -0.2) is 0 Å². The molecule has 2 N–H and O–H groups in total. The minimum absolute atomic E-state index is 0.168. The first kappa shape index (κ1) is 16.4. The Labute approximate surface area is 132 Å². The van der Waals surface area contributed by atoms with Gasteiger partial charge in [0.25, 0.3) is 0 Å². The standard InChI is InChI=1S/C18H25N3O/c1-3-5-6-9-13-10-7-11-15-17(19)16(20-21-18(13)15)12-14(22)8-4-2/h7,10-11H,3-6,8-9,12H2,1-2H3,(H2,19,21). The van der Waals surface area contributed by atoms with Gasteiger partial charge in [-0.3, -0.25) is 4.79 Å². The van der Waals surface area contributed by atoms with Gasteiger partial charge in [0.2, 0.25) is 0 Å². The quantitative estimate of drug-likeness (QED) is 0.752. The normalized spacial score (nSPS) is 11.0. The molecule has 1 aromatic carbocycles. The van der Waals surface area contributed by atoms with Gasteiger partial charge in [0, 0.05) is 11.8 Å². The molecule has 2 aromatic rings. The summed E-state index contributed by atoms with van der Waals surface area (Å²) in [6.45, 7) is 4.19. The van der Waals surface area contributed by atoms with E-state index >= 15 is 0 Å². The van der Waals surface area contributed by atoms with Crippen molar-refractivity contribution in [2.24, 2.45) is 0 Å². The molecule has 0 bridgehead atoms. The van der Waals surface area contributed by atoms with Crippen molar-refractivity contribution in [2.45, 2.75) is 58.8 Å². The van der Waals surface area contributed by atoms with Crippen LogP contribution in [0.1, 0.15) is 57.2 Å². The van der Waals surface area contributed by atoms with E-state index in [0.29, 0.717) is 17.8 Å². The number of carbonyl (C=O) groups is 1. The monoisotopic (exact) mass is 299 g/mol. The molecule has 0 aliphatic carbocycles. The second-order valence-electron chi connectivity index (χ2n) is 5.80. The number of nitrogens with two attached hydrogens (primary N) is 1. The highest BCUT2D eigenvalue weighted by atomic mass is 16.1. The molecule has 0 saturated carbocycles. The summed E-state index contributed by atoms with van der Waals surface area (Å²) in [5.41, 5.74) is 9.51. The molecule has 4 heteroatoms. The van der Waals surface area contributed by atoms with Gasteiger partial charge < -0.3 is 5.73 Å². The van der Waals surface area contributed by atoms with E-state index in [1.165, 1.54) is 18.4 Å². The first-order chi connectivity index (χ1) is 10.7. The van der Waals surface area contributed by atoms with Crippen LogP contribution in [0.15, 0.2) is 18.2 Å². The van der Waals surface area contributed by atoms with Crippen LogP contribution < -0.4 is 5.73 Å². The van der Waals surface area contributed by atoms with Crippen LogP contribution in [-0.4, -0.2) is 16.0 Å². The molecule has 1 heterocycles. The Morgan fingerprint density at radius 1 is 1.14 bits per heavy atom.